The fraction of sp³-hybridized carbons (Fsp3) is 0.233. The number of hydrogen-bond acceptors (Lipinski definition) is 2. The molecule has 0 atom stereocenters. The lowest BCUT2D eigenvalue weighted by Gasteiger charge is -2.21. The van der Waals surface area contributed by atoms with Gasteiger partial charge in [0.2, 0.25) is 0 Å². The van der Waals surface area contributed by atoms with Crippen molar-refractivity contribution >= 4 is 13.8 Å². The van der Waals surface area contributed by atoms with E-state index < -0.39 is 8.07 Å². The van der Waals surface area contributed by atoms with E-state index >= 15 is 0 Å². The highest BCUT2D eigenvalue weighted by atomic mass is 28.3. The second-order valence-electron chi connectivity index (χ2n) is 9.46. The van der Waals surface area contributed by atoms with Crippen molar-refractivity contribution < 1.29 is 0 Å². The zero-order valence-electron chi connectivity index (χ0n) is 20.8. The first-order valence-electron chi connectivity index (χ1n) is 12.0. The zero-order chi connectivity index (χ0) is 24.1. The molecule has 0 fully saturated rings. The first kappa shape index (κ1) is 23.6. The summed E-state index contributed by atoms with van der Waals surface area (Å²) in [4.78, 5) is 2.36. The predicted octanol–water partition coefficient (Wildman–Crippen LogP) is 7.28. The van der Waals surface area contributed by atoms with Crippen LogP contribution in [0.5, 0.6) is 0 Å². The fourth-order valence-electron chi connectivity index (χ4n) is 3.91. The van der Waals surface area contributed by atoms with Crippen LogP contribution in [0.1, 0.15) is 19.4 Å². The summed E-state index contributed by atoms with van der Waals surface area (Å²) in [6.07, 6.45) is 0. The van der Waals surface area contributed by atoms with Crippen molar-refractivity contribution in [1.82, 2.24) is 9.78 Å². The van der Waals surface area contributed by atoms with Crippen molar-refractivity contribution in [2.75, 3.05) is 18.0 Å². The van der Waals surface area contributed by atoms with Gasteiger partial charge in [-0.2, -0.15) is 5.10 Å². The molecule has 0 unspecified atom stereocenters. The smallest absolute Gasteiger partial charge is 0.129 e. The fourth-order valence-corrected chi connectivity index (χ4v) is 4.43. The molecule has 34 heavy (non-hydrogen) atoms. The van der Waals surface area contributed by atoms with E-state index in [-0.39, 0.29) is 0 Å². The van der Waals surface area contributed by atoms with E-state index in [0.717, 1.165) is 46.9 Å². The maximum atomic E-state index is 5.01. The van der Waals surface area contributed by atoms with E-state index in [4.69, 9.17) is 5.10 Å². The first-order valence-corrected chi connectivity index (χ1v) is 15.5. The van der Waals surface area contributed by atoms with Gasteiger partial charge in [-0.05, 0) is 56.3 Å². The lowest BCUT2D eigenvalue weighted by Crippen LogP contribution is -2.21. The van der Waals surface area contributed by atoms with Crippen molar-refractivity contribution in [2.45, 2.75) is 33.5 Å². The van der Waals surface area contributed by atoms with Gasteiger partial charge in [0.25, 0.3) is 0 Å². The largest absolute Gasteiger partial charge is 0.372 e. The number of rotatable bonds is 6. The molecule has 0 N–H and O–H groups in total. The van der Waals surface area contributed by atoms with Crippen LogP contribution >= 0.6 is 0 Å². The Morgan fingerprint density at radius 2 is 1.41 bits per heavy atom. The minimum Gasteiger partial charge on any atom is -0.372 e. The summed E-state index contributed by atoms with van der Waals surface area (Å²) >= 11 is 0. The molecule has 0 aliphatic rings. The number of para-hydroxylation sites is 1. The first-order chi connectivity index (χ1) is 16.4. The van der Waals surface area contributed by atoms with Crippen molar-refractivity contribution in [3.63, 3.8) is 0 Å². The third-order valence-corrected chi connectivity index (χ3v) is 6.64. The molecule has 0 spiro atoms. The molecule has 0 saturated carbocycles. The molecule has 0 radical (unpaired) electrons. The van der Waals surface area contributed by atoms with Gasteiger partial charge in [-0.25, -0.2) is 4.68 Å². The van der Waals surface area contributed by atoms with Crippen molar-refractivity contribution in [1.29, 1.82) is 0 Å². The van der Waals surface area contributed by atoms with E-state index in [1.165, 1.54) is 5.69 Å². The highest BCUT2D eigenvalue weighted by molar-refractivity contribution is 6.83. The Morgan fingerprint density at radius 1 is 0.794 bits per heavy atom. The maximum Gasteiger partial charge on any atom is 0.129 e. The van der Waals surface area contributed by atoms with Crippen LogP contribution in [-0.2, 0) is 0 Å². The quantitative estimate of drug-likeness (QED) is 0.221. The van der Waals surface area contributed by atoms with Gasteiger partial charge in [0.1, 0.15) is 8.07 Å². The predicted molar refractivity (Wildman–Crippen MR) is 148 cm³/mol. The van der Waals surface area contributed by atoms with Crippen LogP contribution in [0.15, 0.2) is 84.9 Å². The zero-order valence-corrected chi connectivity index (χ0v) is 21.8. The summed E-state index contributed by atoms with van der Waals surface area (Å²) < 4.78 is 2.04. The van der Waals surface area contributed by atoms with Crippen LogP contribution in [-0.4, -0.2) is 30.9 Å². The Bertz CT molecular complexity index is 1280. The van der Waals surface area contributed by atoms with Crippen molar-refractivity contribution in [2.24, 2.45) is 0 Å². The van der Waals surface area contributed by atoms with E-state index in [0.29, 0.717) is 0 Å². The molecular weight excluding hydrogens is 430 g/mol. The van der Waals surface area contributed by atoms with Crippen LogP contribution in [0.4, 0.5) is 5.69 Å². The molecule has 4 rings (SSSR count). The van der Waals surface area contributed by atoms with Gasteiger partial charge in [-0.1, -0.05) is 68.0 Å². The number of anilines is 1. The third kappa shape index (κ3) is 5.50. The summed E-state index contributed by atoms with van der Waals surface area (Å²) in [5.74, 6) is 3.34. The summed E-state index contributed by atoms with van der Waals surface area (Å²) in [6.45, 7) is 13.2. The number of nitrogens with zero attached hydrogens (tertiary/aromatic N) is 3. The summed E-state index contributed by atoms with van der Waals surface area (Å²) in [7, 11) is -1.39. The molecule has 0 saturated heterocycles. The molecule has 0 aliphatic carbocycles. The molecule has 4 heteroatoms. The van der Waals surface area contributed by atoms with Crippen LogP contribution in [0, 0.1) is 11.5 Å². The minimum absolute atomic E-state index is 0.955. The second kappa shape index (κ2) is 10.2. The van der Waals surface area contributed by atoms with E-state index in [1.807, 2.05) is 10.7 Å². The molecular formula is C30H33N3Si. The average molecular weight is 464 g/mol. The van der Waals surface area contributed by atoms with E-state index in [1.54, 1.807) is 0 Å². The molecule has 0 amide bonds. The summed E-state index contributed by atoms with van der Waals surface area (Å²) in [6, 6.07) is 29.8. The topological polar surface area (TPSA) is 21.1 Å². The Kier molecular flexibility index (Phi) is 7.05. The molecule has 0 aliphatic heterocycles. The van der Waals surface area contributed by atoms with E-state index in [9.17, 15) is 0 Å². The average Bonchev–Trinajstić information content (AvgIpc) is 3.30. The summed E-state index contributed by atoms with van der Waals surface area (Å²) in [5, 5.41) is 5.01. The SMILES string of the molecule is CCN(CC)c1ccc(-c2cc(-c3ccc(C#C[Si](C)(C)C)cc3)nn2-c2ccccc2)cc1. The van der Waals surface area contributed by atoms with Crippen LogP contribution in [0.3, 0.4) is 0 Å². The van der Waals surface area contributed by atoms with Gasteiger partial charge in [-0.3, -0.25) is 0 Å². The Hall–Kier alpha value is -3.55. The molecule has 0 bridgehead atoms. The number of hydrogen-bond donors (Lipinski definition) is 0. The van der Waals surface area contributed by atoms with Gasteiger partial charge >= 0.3 is 0 Å². The van der Waals surface area contributed by atoms with Gasteiger partial charge in [-0.15, -0.1) is 5.54 Å². The van der Waals surface area contributed by atoms with Crippen LogP contribution in [0.25, 0.3) is 28.2 Å². The van der Waals surface area contributed by atoms with Gasteiger partial charge in [0, 0.05) is 35.5 Å². The Labute approximate surface area is 205 Å². The third-order valence-electron chi connectivity index (χ3n) is 5.76. The molecule has 172 valence electrons. The Morgan fingerprint density at radius 3 is 2.00 bits per heavy atom. The van der Waals surface area contributed by atoms with Gasteiger partial charge in [0.15, 0.2) is 0 Å². The lowest BCUT2D eigenvalue weighted by molar-refractivity contribution is 0.866. The maximum absolute atomic E-state index is 5.01. The monoisotopic (exact) mass is 463 g/mol. The van der Waals surface area contributed by atoms with Gasteiger partial charge in [0.05, 0.1) is 17.1 Å². The number of benzene rings is 3. The molecule has 4 aromatic rings. The second-order valence-corrected chi connectivity index (χ2v) is 14.2. The Balaban J connectivity index is 1.73. The van der Waals surface area contributed by atoms with Gasteiger partial charge < -0.3 is 4.90 Å². The molecule has 1 heterocycles. The highest BCUT2D eigenvalue weighted by Gasteiger charge is 2.14. The highest BCUT2D eigenvalue weighted by Crippen LogP contribution is 2.30. The number of aromatic nitrogens is 2. The van der Waals surface area contributed by atoms with Crippen LogP contribution < -0.4 is 4.90 Å². The van der Waals surface area contributed by atoms with Crippen LogP contribution in [0.2, 0.25) is 19.6 Å². The summed E-state index contributed by atoms with van der Waals surface area (Å²) in [5.41, 5.74) is 11.1. The molecule has 3 nitrogen and oxygen atoms in total. The normalized spacial score (nSPS) is 11.1. The molecule has 3 aromatic carbocycles. The standard InChI is InChI=1S/C30H33N3Si/c1-6-32(7-2)27-19-17-26(18-20-27)30-23-29(31-33(30)28-11-9-8-10-12-28)25-15-13-24(14-16-25)21-22-34(3,4)5/h8-20,23H,6-7H2,1-5H3. The van der Waals surface area contributed by atoms with Crippen molar-refractivity contribution in [3.8, 4) is 39.7 Å². The minimum atomic E-state index is -1.39. The van der Waals surface area contributed by atoms with Crippen molar-refractivity contribution in [3.05, 3.63) is 90.5 Å². The van der Waals surface area contributed by atoms with E-state index in [2.05, 4.69) is 129 Å². The molecule has 1 aromatic heterocycles. The lowest BCUT2D eigenvalue weighted by atomic mass is 10.1.